The minimum absolute atomic E-state index is 0.00858. The van der Waals surface area contributed by atoms with Crippen LogP contribution in [0.15, 0.2) is 60.8 Å². The maximum atomic E-state index is 14.2. The second kappa shape index (κ2) is 9.58. The molecule has 2 N–H and O–H groups in total. The molecule has 0 spiro atoms. The van der Waals surface area contributed by atoms with Crippen LogP contribution in [0.1, 0.15) is 31.1 Å². The molecule has 4 rings (SSSR count). The van der Waals surface area contributed by atoms with Gasteiger partial charge in [-0.15, -0.1) is 0 Å². The third-order valence-electron chi connectivity index (χ3n) is 6.16. The minimum atomic E-state index is -0.434. The Balaban J connectivity index is 1.78. The molecular formula is C26H30FN5O. The van der Waals surface area contributed by atoms with E-state index < -0.39 is 11.7 Å². The number of benzene rings is 2. The number of nitrogens with zero attached hydrogens (tertiary/aromatic N) is 3. The summed E-state index contributed by atoms with van der Waals surface area (Å²) in [4.78, 5) is 17.9. The third-order valence-corrected chi connectivity index (χ3v) is 6.16. The van der Waals surface area contributed by atoms with Crippen molar-refractivity contribution in [2.45, 2.75) is 26.8 Å². The van der Waals surface area contributed by atoms with Gasteiger partial charge in [-0.25, -0.2) is 4.39 Å². The van der Waals surface area contributed by atoms with E-state index in [0.29, 0.717) is 22.6 Å². The minimum Gasteiger partial charge on any atom is -0.355 e. The number of allylic oxidation sites excluding steroid dienone is 1. The Morgan fingerprint density at radius 2 is 1.79 bits per heavy atom. The topological polar surface area (TPSA) is 64.4 Å². The SMILES string of the molecule is CC=C(N1CCN(C(C)C)CC1)n1cc(C(=O)Nc2ccccc2)c(=N)c2cc(F)ccc21. The summed E-state index contributed by atoms with van der Waals surface area (Å²) in [6.45, 7) is 9.95. The smallest absolute Gasteiger partial charge is 0.259 e. The number of hydrogen-bond acceptors (Lipinski definition) is 4. The first kappa shape index (κ1) is 22.7. The standard InChI is InChI=1S/C26H30FN5O/c1-4-24(31-14-12-30(13-15-31)18(2)3)32-17-22(26(33)29-20-8-6-5-7-9-20)25(28)21-16-19(27)10-11-23(21)32/h4-11,16-18,28H,12-15H2,1-3H3,(H,29,33). The van der Waals surface area contributed by atoms with Gasteiger partial charge in [-0.05, 0) is 57.2 Å². The number of aromatic nitrogens is 1. The Morgan fingerprint density at radius 1 is 1.09 bits per heavy atom. The highest BCUT2D eigenvalue weighted by molar-refractivity contribution is 6.05. The molecule has 1 aliphatic heterocycles. The van der Waals surface area contributed by atoms with E-state index in [9.17, 15) is 9.18 Å². The van der Waals surface area contributed by atoms with Crippen LogP contribution in [0.4, 0.5) is 10.1 Å². The van der Waals surface area contributed by atoms with Crippen molar-refractivity contribution in [3.05, 3.63) is 77.5 Å². The molecule has 0 saturated carbocycles. The first-order valence-corrected chi connectivity index (χ1v) is 11.3. The van der Waals surface area contributed by atoms with Crippen molar-refractivity contribution in [2.24, 2.45) is 0 Å². The Kier molecular flexibility index (Phi) is 6.60. The molecule has 172 valence electrons. The summed E-state index contributed by atoms with van der Waals surface area (Å²) in [5.74, 6) is 0.0886. The van der Waals surface area contributed by atoms with E-state index in [1.165, 1.54) is 12.1 Å². The number of amides is 1. The van der Waals surface area contributed by atoms with Gasteiger partial charge in [0.2, 0.25) is 0 Å². The Bertz CT molecular complexity index is 1240. The van der Waals surface area contributed by atoms with Crippen LogP contribution in [0.3, 0.4) is 0 Å². The van der Waals surface area contributed by atoms with Gasteiger partial charge in [-0.3, -0.25) is 15.1 Å². The predicted molar refractivity (Wildman–Crippen MR) is 130 cm³/mol. The number of nitrogens with one attached hydrogen (secondary N) is 2. The van der Waals surface area contributed by atoms with Crippen LogP contribution in [0.2, 0.25) is 0 Å². The maximum absolute atomic E-state index is 14.2. The number of hydrogen-bond donors (Lipinski definition) is 2. The first-order chi connectivity index (χ1) is 15.9. The lowest BCUT2D eigenvalue weighted by Crippen LogP contribution is -2.48. The van der Waals surface area contributed by atoms with Gasteiger partial charge in [0.15, 0.2) is 0 Å². The van der Waals surface area contributed by atoms with Crippen molar-refractivity contribution in [1.29, 1.82) is 5.41 Å². The zero-order valence-corrected chi connectivity index (χ0v) is 19.3. The predicted octanol–water partition coefficient (Wildman–Crippen LogP) is 4.36. The molecule has 1 aliphatic rings. The summed E-state index contributed by atoms with van der Waals surface area (Å²) in [6.07, 6.45) is 3.71. The molecule has 33 heavy (non-hydrogen) atoms. The number of pyridine rings is 1. The van der Waals surface area contributed by atoms with E-state index in [0.717, 1.165) is 32.0 Å². The summed E-state index contributed by atoms with van der Waals surface area (Å²) in [5, 5.41) is 11.9. The fourth-order valence-electron chi connectivity index (χ4n) is 4.35. The van der Waals surface area contributed by atoms with Crippen LogP contribution in [0.25, 0.3) is 16.7 Å². The second-order valence-electron chi connectivity index (χ2n) is 8.53. The molecule has 0 atom stereocenters. The Morgan fingerprint density at radius 3 is 2.42 bits per heavy atom. The lowest BCUT2D eigenvalue weighted by Gasteiger charge is -2.39. The molecule has 0 bridgehead atoms. The average Bonchev–Trinajstić information content (AvgIpc) is 2.82. The van der Waals surface area contributed by atoms with Gasteiger partial charge in [-0.2, -0.15) is 0 Å². The molecule has 2 heterocycles. The number of anilines is 1. The van der Waals surface area contributed by atoms with E-state index >= 15 is 0 Å². The number of halogens is 1. The van der Waals surface area contributed by atoms with Crippen LogP contribution in [0, 0.1) is 11.2 Å². The van der Waals surface area contributed by atoms with Crippen molar-refractivity contribution in [1.82, 2.24) is 14.4 Å². The molecule has 0 aliphatic carbocycles. The van der Waals surface area contributed by atoms with Crippen molar-refractivity contribution >= 4 is 28.3 Å². The lowest BCUT2D eigenvalue weighted by atomic mass is 10.1. The number of rotatable bonds is 5. The maximum Gasteiger partial charge on any atom is 0.259 e. The molecule has 7 heteroatoms. The van der Waals surface area contributed by atoms with Gasteiger partial charge in [-0.1, -0.05) is 18.2 Å². The molecule has 0 radical (unpaired) electrons. The van der Waals surface area contributed by atoms with Crippen molar-refractivity contribution < 1.29 is 9.18 Å². The molecule has 1 saturated heterocycles. The van der Waals surface area contributed by atoms with Gasteiger partial charge in [0, 0.05) is 49.5 Å². The number of para-hydroxylation sites is 1. The highest BCUT2D eigenvalue weighted by atomic mass is 19.1. The Labute approximate surface area is 193 Å². The molecule has 6 nitrogen and oxygen atoms in total. The Hall–Kier alpha value is -3.45. The van der Waals surface area contributed by atoms with E-state index in [1.807, 2.05) is 35.8 Å². The van der Waals surface area contributed by atoms with E-state index in [4.69, 9.17) is 5.41 Å². The lowest BCUT2D eigenvalue weighted by molar-refractivity contribution is 0.102. The van der Waals surface area contributed by atoms with Crippen molar-refractivity contribution in [3.63, 3.8) is 0 Å². The second-order valence-corrected chi connectivity index (χ2v) is 8.53. The van der Waals surface area contributed by atoms with Gasteiger partial charge < -0.3 is 14.8 Å². The highest BCUT2D eigenvalue weighted by Crippen LogP contribution is 2.23. The molecule has 1 fully saturated rings. The van der Waals surface area contributed by atoms with Crippen molar-refractivity contribution in [2.75, 3.05) is 31.5 Å². The van der Waals surface area contributed by atoms with Crippen LogP contribution in [0.5, 0.6) is 0 Å². The largest absolute Gasteiger partial charge is 0.355 e. The van der Waals surface area contributed by atoms with Crippen LogP contribution < -0.4 is 10.7 Å². The van der Waals surface area contributed by atoms with Gasteiger partial charge in [0.25, 0.3) is 5.91 Å². The molecule has 2 aromatic carbocycles. The van der Waals surface area contributed by atoms with Gasteiger partial charge in [0.1, 0.15) is 11.6 Å². The zero-order chi connectivity index (χ0) is 23.5. The van der Waals surface area contributed by atoms with Crippen LogP contribution >= 0.6 is 0 Å². The molecule has 3 aromatic rings. The van der Waals surface area contributed by atoms with E-state index in [2.05, 4.69) is 29.0 Å². The van der Waals surface area contributed by atoms with Crippen LogP contribution in [-0.2, 0) is 0 Å². The fraction of sp³-hybridized carbons (Fsp3) is 0.308. The fourth-order valence-corrected chi connectivity index (χ4v) is 4.35. The molecule has 0 unspecified atom stereocenters. The van der Waals surface area contributed by atoms with E-state index in [-0.39, 0.29) is 10.9 Å². The number of fused-ring (bicyclic) bond motifs is 1. The summed E-state index contributed by atoms with van der Waals surface area (Å²) in [5.41, 5.74) is 1.53. The van der Waals surface area contributed by atoms with E-state index in [1.54, 1.807) is 24.4 Å². The summed E-state index contributed by atoms with van der Waals surface area (Å²) < 4.78 is 16.1. The monoisotopic (exact) mass is 447 g/mol. The molecule has 1 amide bonds. The third kappa shape index (κ3) is 4.68. The number of piperazine rings is 1. The van der Waals surface area contributed by atoms with Crippen molar-refractivity contribution in [3.8, 4) is 0 Å². The van der Waals surface area contributed by atoms with Crippen LogP contribution in [-0.4, -0.2) is 52.5 Å². The number of carbonyl (C=O) groups excluding carboxylic acids is 1. The molecular weight excluding hydrogens is 417 g/mol. The quantitative estimate of drug-likeness (QED) is 0.611. The van der Waals surface area contributed by atoms with Gasteiger partial charge in [0.05, 0.1) is 16.4 Å². The summed E-state index contributed by atoms with van der Waals surface area (Å²) in [6, 6.07) is 14.0. The normalized spacial score (nSPS) is 15.3. The number of carbonyl (C=O) groups is 1. The summed E-state index contributed by atoms with van der Waals surface area (Å²) in [7, 11) is 0. The molecule has 1 aromatic heterocycles. The first-order valence-electron chi connectivity index (χ1n) is 11.3. The average molecular weight is 448 g/mol. The zero-order valence-electron chi connectivity index (χ0n) is 19.3. The van der Waals surface area contributed by atoms with Gasteiger partial charge >= 0.3 is 0 Å². The highest BCUT2D eigenvalue weighted by Gasteiger charge is 2.23. The summed E-state index contributed by atoms with van der Waals surface area (Å²) >= 11 is 0.